The van der Waals surface area contributed by atoms with Crippen molar-refractivity contribution in [2.45, 2.75) is 40.3 Å². The Labute approximate surface area is 214 Å². The molecular weight excluding hydrogens is 472 g/mol. The predicted octanol–water partition coefficient (Wildman–Crippen LogP) is 5.38. The summed E-state index contributed by atoms with van der Waals surface area (Å²) in [6, 6.07) is 13.7. The van der Waals surface area contributed by atoms with E-state index in [4.69, 9.17) is 4.98 Å². The third-order valence-corrected chi connectivity index (χ3v) is 6.81. The SMILES string of the molecule is C=CC(=O)Nc1cccc(-n2c(NC(=O)c3nccs3)nc3cc(CN[C@@H](C)C(C)(C)C)ccc32)c1. The number of fused-ring (bicyclic) bond motifs is 1. The lowest BCUT2D eigenvalue weighted by Crippen LogP contribution is -2.37. The van der Waals surface area contributed by atoms with E-state index >= 15 is 0 Å². The molecule has 2 aromatic carbocycles. The molecule has 0 saturated carbocycles. The van der Waals surface area contributed by atoms with Gasteiger partial charge in [-0.2, -0.15) is 0 Å². The van der Waals surface area contributed by atoms with Crippen molar-refractivity contribution in [1.29, 1.82) is 0 Å². The van der Waals surface area contributed by atoms with Gasteiger partial charge in [-0.1, -0.05) is 39.5 Å². The zero-order chi connectivity index (χ0) is 25.9. The smallest absolute Gasteiger partial charge is 0.286 e. The molecule has 186 valence electrons. The number of hydrogen-bond acceptors (Lipinski definition) is 6. The van der Waals surface area contributed by atoms with Crippen LogP contribution in [0.15, 0.2) is 66.7 Å². The molecule has 9 heteroatoms. The van der Waals surface area contributed by atoms with E-state index in [-0.39, 0.29) is 17.2 Å². The van der Waals surface area contributed by atoms with Gasteiger partial charge in [-0.05, 0) is 54.3 Å². The lowest BCUT2D eigenvalue weighted by molar-refractivity contribution is -0.111. The van der Waals surface area contributed by atoms with Crippen molar-refractivity contribution in [2.75, 3.05) is 10.6 Å². The highest BCUT2D eigenvalue weighted by Crippen LogP contribution is 2.28. The van der Waals surface area contributed by atoms with Gasteiger partial charge in [-0.25, -0.2) is 9.97 Å². The molecule has 36 heavy (non-hydrogen) atoms. The summed E-state index contributed by atoms with van der Waals surface area (Å²) >= 11 is 1.26. The first-order valence-corrected chi connectivity index (χ1v) is 12.5. The van der Waals surface area contributed by atoms with Crippen LogP contribution in [0.2, 0.25) is 0 Å². The molecule has 0 fully saturated rings. The Balaban J connectivity index is 1.73. The first-order chi connectivity index (χ1) is 17.2. The van der Waals surface area contributed by atoms with Crippen molar-refractivity contribution in [1.82, 2.24) is 19.9 Å². The van der Waals surface area contributed by atoms with Gasteiger partial charge in [0.05, 0.1) is 16.7 Å². The Bertz CT molecular complexity index is 1400. The number of hydrogen-bond donors (Lipinski definition) is 3. The van der Waals surface area contributed by atoms with E-state index in [0.29, 0.717) is 29.2 Å². The fraction of sp³-hybridized carbons (Fsp3) is 0.259. The Kier molecular flexibility index (Phi) is 7.32. The van der Waals surface area contributed by atoms with Gasteiger partial charge in [0.15, 0.2) is 5.01 Å². The normalized spacial score (nSPS) is 12.3. The second-order valence-electron chi connectivity index (χ2n) is 9.60. The molecule has 0 aliphatic rings. The van der Waals surface area contributed by atoms with Crippen LogP contribution in [-0.4, -0.2) is 32.4 Å². The first-order valence-electron chi connectivity index (χ1n) is 11.6. The van der Waals surface area contributed by atoms with Crippen molar-refractivity contribution in [3.8, 4) is 5.69 Å². The van der Waals surface area contributed by atoms with E-state index in [2.05, 4.69) is 61.3 Å². The maximum atomic E-state index is 12.8. The Morgan fingerprint density at radius 2 is 1.97 bits per heavy atom. The minimum atomic E-state index is -0.335. The van der Waals surface area contributed by atoms with Crippen LogP contribution in [0.25, 0.3) is 16.7 Å². The molecule has 2 heterocycles. The van der Waals surface area contributed by atoms with E-state index in [1.165, 1.54) is 17.4 Å². The van der Waals surface area contributed by atoms with Gasteiger partial charge in [0.1, 0.15) is 0 Å². The summed E-state index contributed by atoms with van der Waals surface area (Å²) in [6.07, 6.45) is 2.81. The number of benzene rings is 2. The molecule has 8 nitrogen and oxygen atoms in total. The van der Waals surface area contributed by atoms with Crippen LogP contribution in [0.5, 0.6) is 0 Å². The number of nitrogens with zero attached hydrogens (tertiary/aromatic N) is 3. The van der Waals surface area contributed by atoms with Gasteiger partial charge in [0, 0.05) is 29.9 Å². The van der Waals surface area contributed by atoms with Crippen LogP contribution in [0.3, 0.4) is 0 Å². The molecule has 0 spiro atoms. The van der Waals surface area contributed by atoms with Crippen LogP contribution in [0, 0.1) is 5.41 Å². The second-order valence-corrected chi connectivity index (χ2v) is 10.5. The van der Waals surface area contributed by atoms with Crippen molar-refractivity contribution in [2.24, 2.45) is 5.41 Å². The summed E-state index contributed by atoms with van der Waals surface area (Å²) in [5.74, 6) is -0.273. The van der Waals surface area contributed by atoms with Crippen LogP contribution >= 0.6 is 11.3 Å². The van der Waals surface area contributed by atoms with Gasteiger partial charge in [-0.3, -0.25) is 19.5 Å². The molecule has 0 unspecified atom stereocenters. The Morgan fingerprint density at radius 3 is 2.67 bits per heavy atom. The maximum absolute atomic E-state index is 12.8. The first kappa shape index (κ1) is 25.3. The van der Waals surface area contributed by atoms with Gasteiger partial charge < -0.3 is 10.6 Å². The van der Waals surface area contributed by atoms with Crippen molar-refractivity contribution >= 4 is 45.8 Å². The molecule has 3 N–H and O–H groups in total. The molecule has 4 aromatic rings. The number of carbonyl (C=O) groups excluding carboxylic acids is 2. The molecule has 0 saturated heterocycles. The average Bonchev–Trinajstić information content (AvgIpc) is 3.49. The van der Waals surface area contributed by atoms with Crippen LogP contribution in [0.1, 0.15) is 43.1 Å². The second kappa shape index (κ2) is 10.4. The fourth-order valence-electron chi connectivity index (χ4n) is 3.56. The van der Waals surface area contributed by atoms with Crippen LogP contribution in [-0.2, 0) is 11.3 Å². The molecule has 0 bridgehead atoms. The quantitative estimate of drug-likeness (QED) is 0.281. The number of rotatable bonds is 8. The fourth-order valence-corrected chi connectivity index (χ4v) is 4.10. The van der Waals surface area contributed by atoms with Crippen molar-refractivity contribution in [3.63, 3.8) is 0 Å². The number of thiazole rings is 1. The highest BCUT2D eigenvalue weighted by Gasteiger charge is 2.20. The molecule has 2 amide bonds. The summed E-state index contributed by atoms with van der Waals surface area (Å²) in [5, 5.41) is 11.4. The molecule has 4 rings (SSSR count). The monoisotopic (exact) mass is 502 g/mol. The lowest BCUT2D eigenvalue weighted by atomic mass is 9.88. The van der Waals surface area contributed by atoms with Gasteiger partial charge >= 0.3 is 0 Å². The third-order valence-electron chi connectivity index (χ3n) is 6.04. The standard InChI is InChI=1S/C27H30N6O2S/c1-6-23(34)30-19-8-7-9-20(15-19)33-22-11-10-18(16-29-17(2)27(3,4)5)14-21(22)31-26(33)32-24(35)25-28-12-13-36-25/h6-15,17,29H,1,16H2,2-5H3,(H,30,34)(H,31,32,35)/t17-/m0/s1. The highest BCUT2D eigenvalue weighted by atomic mass is 32.1. The van der Waals surface area contributed by atoms with Crippen LogP contribution in [0.4, 0.5) is 11.6 Å². The summed E-state index contributed by atoms with van der Waals surface area (Å²) in [7, 11) is 0. The minimum absolute atomic E-state index is 0.144. The van der Waals surface area contributed by atoms with E-state index in [1.54, 1.807) is 17.6 Å². The molecule has 2 aromatic heterocycles. The van der Waals surface area contributed by atoms with E-state index < -0.39 is 0 Å². The topological polar surface area (TPSA) is 101 Å². The number of aromatic nitrogens is 3. The summed E-state index contributed by atoms with van der Waals surface area (Å²) < 4.78 is 1.86. The molecule has 0 aliphatic heterocycles. The maximum Gasteiger partial charge on any atom is 0.286 e. The molecule has 0 aliphatic carbocycles. The Hall–Kier alpha value is -3.82. The highest BCUT2D eigenvalue weighted by molar-refractivity contribution is 7.11. The molecule has 1 atom stereocenters. The zero-order valence-electron chi connectivity index (χ0n) is 20.8. The van der Waals surface area contributed by atoms with Gasteiger partial charge in [0.2, 0.25) is 11.9 Å². The van der Waals surface area contributed by atoms with Crippen molar-refractivity contribution < 1.29 is 9.59 Å². The predicted molar refractivity (Wildman–Crippen MR) is 146 cm³/mol. The number of carbonyl (C=O) groups is 2. The number of amides is 2. The number of nitrogens with one attached hydrogen (secondary N) is 3. The minimum Gasteiger partial charge on any atom is -0.322 e. The van der Waals surface area contributed by atoms with Crippen molar-refractivity contribution in [3.05, 3.63) is 77.3 Å². The molecule has 0 radical (unpaired) electrons. The third kappa shape index (κ3) is 5.69. The summed E-state index contributed by atoms with van der Waals surface area (Å²) in [6.45, 7) is 13.0. The van der Waals surface area contributed by atoms with E-state index in [0.717, 1.165) is 22.3 Å². The largest absolute Gasteiger partial charge is 0.322 e. The lowest BCUT2D eigenvalue weighted by Gasteiger charge is -2.28. The summed E-state index contributed by atoms with van der Waals surface area (Å²) in [5.41, 5.74) is 4.14. The molecular formula is C27H30N6O2S. The van der Waals surface area contributed by atoms with E-state index in [9.17, 15) is 9.59 Å². The number of anilines is 2. The Morgan fingerprint density at radius 1 is 1.17 bits per heavy atom. The van der Waals surface area contributed by atoms with Gasteiger partial charge in [0.25, 0.3) is 5.91 Å². The van der Waals surface area contributed by atoms with Crippen LogP contribution < -0.4 is 16.0 Å². The van der Waals surface area contributed by atoms with Gasteiger partial charge in [-0.15, -0.1) is 11.3 Å². The zero-order valence-corrected chi connectivity index (χ0v) is 21.6. The van der Waals surface area contributed by atoms with E-state index in [1.807, 2.05) is 34.9 Å². The summed E-state index contributed by atoms with van der Waals surface area (Å²) in [4.78, 5) is 33.5. The average molecular weight is 503 g/mol. The number of imidazole rings is 1.